The standard InChI is InChI=1S/C27H25N3O2/c1-3-15-29-24-14-7-5-11-20(24)22(26(29)31)17-25-28-23-13-6-4-12-21(23)27(32)30(25)19-10-8-9-18(2)16-19/h4-14,16,22H,3,15,17H2,1-2H3/t22-/m0/s1. The number of rotatable bonds is 5. The fourth-order valence-electron chi connectivity index (χ4n) is 4.65. The van der Waals surface area contributed by atoms with Crippen LogP contribution in [0.15, 0.2) is 77.6 Å². The van der Waals surface area contributed by atoms with Gasteiger partial charge in [0.15, 0.2) is 0 Å². The molecule has 5 nitrogen and oxygen atoms in total. The average Bonchev–Trinajstić information content (AvgIpc) is 3.06. The van der Waals surface area contributed by atoms with Crippen molar-refractivity contribution < 1.29 is 4.79 Å². The first-order valence-corrected chi connectivity index (χ1v) is 11.1. The van der Waals surface area contributed by atoms with Gasteiger partial charge >= 0.3 is 0 Å². The lowest BCUT2D eigenvalue weighted by molar-refractivity contribution is -0.119. The number of carbonyl (C=O) groups excluding carboxylic acids is 1. The largest absolute Gasteiger partial charge is 0.312 e. The molecule has 0 radical (unpaired) electrons. The third-order valence-corrected chi connectivity index (χ3v) is 6.11. The molecular weight excluding hydrogens is 398 g/mol. The first-order valence-electron chi connectivity index (χ1n) is 11.1. The Hall–Kier alpha value is -3.73. The lowest BCUT2D eigenvalue weighted by Gasteiger charge is -2.18. The zero-order chi connectivity index (χ0) is 22.2. The molecule has 0 bridgehead atoms. The first-order chi connectivity index (χ1) is 15.6. The van der Waals surface area contributed by atoms with Gasteiger partial charge in [0.1, 0.15) is 5.82 Å². The Morgan fingerprint density at radius 2 is 1.72 bits per heavy atom. The van der Waals surface area contributed by atoms with Gasteiger partial charge in [-0.05, 0) is 54.8 Å². The number of carbonyl (C=O) groups is 1. The summed E-state index contributed by atoms with van der Waals surface area (Å²) in [6.07, 6.45) is 1.25. The molecule has 1 aromatic heterocycles. The maximum atomic E-state index is 13.6. The monoisotopic (exact) mass is 423 g/mol. The van der Waals surface area contributed by atoms with E-state index in [9.17, 15) is 9.59 Å². The van der Waals surface area contributed by atoms with Gasteiger partial charge in [-0.25, -0.2) is 4.98 Å². The Balaban J connectivity index is 1.69. The number of para-hydroxylation sites is 2. The minimum Gasteiger partial charge on any atom is -0.312 e. The van der Waals surface area contributed by atoms with Crippen LogP contribution in [0.2, 0.25) is 0 Å². The number of aryl methyl sites for hydroxylation is 1. The van der Waals surface area contributed by atoms with E-state index in [1.807, 2.05) is 78.6 Å². The molecule has 0 saturated heterocycles. The van der Waals surface area contributed by atoms with Crippen LogP contribution in [-0.4, -0.2) is 22.0 Å². The zero-order valence-electron chi connectivity index (χ0n) is 18.3. The number of amides is 1. The molecule has 32 heavy (non-hydrogen) atoms. The van der Waals surface area contributed by atoms with E-state index in [4.69, 9.17) is 4.98 Å². The number of hydrogen-bond acceptors (Lipinski definition) is 3. The fourth-order valence-corrected chi connectivity index (χ4v) is 4.65. The van der Waals surface area contributed by atoms with Gasteiger partial charge in [-0.2, -0.15) is 0 Å². The highest BCUT2D eigenvalue weighted by molar-refractivity contribution is 6.05. The quantitative estimate of drug-likeness (QED) is 0.464. The summed E-state index contributed by atoms with van der Waals surface area (Å²) in [5, 5.41) is 0.573. The predicted octanol–water partition coefficient (Wildman–Crippen LogP) is 4.78. The molecule has 3 aromatic carbocycles. The Kier molecular flexibility index (Phi) is 5.10. The summed E-state index contributed by atoms with van der Waals surface area (Å²) in [6, 6.07) is 23.2. The van der Waals surface area contributed by atoms with E-state index in [2.05, 4.69) is 6.92 Å². The van der Waals surface area contributed by atoms with Crippen molar-refractivity contribution in [3.8, 4) is 5.69 Å². The molecule has 5 rings (SSSR count). The van der Waals surface area contributed by atoms with E-state index in [1.165, 1.54) is 0 Å². The average molecular weight is 424 g/mol. The second-order valence-corrected chi connectivity index (χ2v) is 8.33. The molecule has 5 heteroatoms. The summed E-state index contributed by atoms with van der Waals surface area (Å²) in [5.74, 6) is 0.318. The Morgan fingerprint density at radius 1 is 0.938 bits per heavy atom. The topological polar surface area (TPSA) is 55.2 Å². The van der Waals surface area contributed by atoms with Crippen LogP contribution in [0.1, 0.15) is 36.2 Å². The molecule has 2 heterocycles. The molecule has 0 aliphatic carbocycles. The summed E-state index contributed by atoms with van der Waals surface area (Å²) in [7, 11) is 0. The number of benzene rings is 3. The minimum atomic E-state index is -0.359. The maximum absolute atomic E-state index is 13.6. The van der Waals surface area contributed by atoms with E-state index in [-0.39, 0.29) is 17.4 Å². The molecule has 160 valence electrons. The first kappa shape index (κ1) is 20.2. The van der Waals surface area contributed by atoms with Gasteiger partial charge in [0.2, 0.25) is 5.91 Å². The van der Waals surface area contributed by atoms with E-state index >= 15 is 0 Å². The van der Waals surface area contributed by atoms with Gasteiger partial charge in [-0.1, -0.05) is 49.4 Å². The van der Waals surface area contributed by atoms with Gasteiger partial charge in [0, 0.05) is 18.7 Å². The Morgan fingerprint density at radius 3 is 2.53 bits per heavy atom. The van der Waals surface area contributed by atoms with Crippen LogP contribution < -0.4 is 10.5 Å². The second kappa shape index (κ2) is 8.08. The second-order valence-electron chi connectivity index (χ2n) is 8.33. The van der Waals surface area contributed by atoms with Crippen LogP contribution in [0.25, 0.3) is 16.6 Å². The van der Waals surface area contributed by atoms with Gasteiger partial charge < -0.3 is 4.90 Å². The van der Waals surface area contributed by atoms with Crippen molar-refractivity contribution in [1.82, 2.24) is 9.55 Å². The van der Waals surface area contributed by atoms with Crippen LogP contribution in [0.3, 0.4) is 0 Å². The van der Waals surface area contributed by atoms with Gasteiger partial charge in [0.25, 0.3) is 5.56 Å². The Labute approximate surface area is 187 Å². The molecule has 1 atom stereocenters. The summed E-state index contributed by atoms with van der Waals surface area (Å²) in [5.41, 5.74) is 4.34. The summed E-state index contributed by atoms with van der Waals surface area (Å²) in [4.78, 5) is 33.7. The third kappa shape index (κ3) is 3.30. The van der Waals surface area contributed by atoms with Crippen molar-refractivity contribution in [3.63, 3.8) is 0 Å². The lowest BCUT2D eigenvalue weighted by atomic mass is 9.96. The molecule has 0 unspecified atom stereocenters. The number of hydrogen-bond donors (Lipinski definition) is 0. The SMILES string of the molecule is CCCN1C(=O)[C@@H](Cc2nc3ccccc3c(=O)n2-c2cccc(C)c2)c2ccccc21. The number of anilines is 1. The van der Waals surface area contributed by atoms with E-state index < -0.39 is 0 Å². The van der Waals surface area contributed by atoms with Crippen LogP contribution in [0.5, 0.6) is 0 Å². The van der Waals surface area contributed by atoms with Crippen molar-refractivity contribution in [3.05, 3.63) is 100 Å². The molecule has 0 fully saturated rings. The molecule has 0 saturated carbocycles. The Bertz CT molecular complexity index is 1390. The van der Waals surface area contributed by atoms with Crippen LogP contribution >= 0.6 is 0 Å². The maximum Gasteiger partial charge on any atom is 0.265 e. The van der Waals surface area contributed by atoms with Gasteiger partial charge in [-0.15, -0.1) is 0 Å². The number of fused-ring (bicyclic) bond motifs is 2. The van der Waals surface area contributed by atoms with Crippen molar-refractivity contribution in [2.45, 2.75) is 32.6 Å². The molecular formula is C27H25N3O2. The normalized spacial score (nSPS) is 15.4. The molecule has 0 spiro atoms. The highest BCUT2D eigenvalue weighted by Gasteiger charge is 2.37. The molecule has 0 N–H and O–H groups in total. The summed E-state index contributed by atoms with van der Waals surface area (Å²) >= 11 is 0. The van der Waals surface area contributed by atoms with Crippen LogP contribution in [-0.2, 0) is 11.2 Å². The molecule has 4 aromatic rings. The predicted molar refractivity (Wildman–Crippen MR) is 128 cm³/mol. The zero-order valence-corrected chi connectivity index (χ0v) is 18.3. The van der Waals surface area contributed by atoms with Crippen molar-refractivity contribution in [2.24, 2.45) is 0 Å². The van der Waals surface area contributed by atoms with Crippen LogP contribution in [0, 0.1) is 6.92 Å². The highest BCUT2D eigenvalue weighted by Crippen LogP contribution is 2.39. The van der Waals surface area contributed by atoms with Crippen molar-refractivity contribution >= 4 is 22.5 Å². The van der Waals surface area contributed by atoms with Crippen LogP contribution in [0.4, 0.5) is 5.69 Å². The molecule has 1 aliphatic heterocycles. The van der Waals surface area contributed by atoms with Crippen molar-refractivity contribution in [1.29, 1.82) is 0 Å². The van der Waals surface area contributed by atoms with Crippen molar-refractivity contribution in [2.75, 3.05) is 11.4 Å². The van der Waals surface area contributed by atoms with E-state index in [1.54, 1.807) is 10.6 Å². The van der Waals surface area contributed by atoms with E-state index in [0.29, 0.717) is 29.7 Å². The fraction of sp³-hybridized carbons (Fsp3) is 0.222. The highest BCUT2D eigenvalue weighted by atomic mass is 16.2. The van der Waals surface area contributed by atoms with Gasteiger partial charge in [0.05, 0.1) is 22.5 Å². The summed E-state index contributed by atoms with van der Waals surface area (Å²) in [6.45, 7) is 4.76. The van der Waals surface area contributed by atoms with E-state index in [0.717, 1.165) is 28.9 Å². The molecule has 1 aliphatic rings. The lowest BCUT2D eigenvalue weighted by Crippen LogP contribution is -2.31. The third-order valence-electron chi connectivity index (χ3n) is 6.11. The minimum absolute atomic E-state index is 0.0752. The summed E-state index contributed by atoms with van der Waals surface area (Å²) < 4.78 is 1.67. The smallest absolute Gasteiger partial charge is 0.265 e. The number of nitrogens with zero attached hydrogens (tertiary/aromatic N) is 3. The van der Waals surface area contributed by atoms with Gasteiger partial charge in [-0.3, -0.25) is 14.2 Å². The number of aromatic nitrogens is 2. The molecule has 1 amide bonds.